The number of hydrogen-bond acceptors (Lipinski definition) is 6. The van der Waals surface area contributed by atoms with E-state index >= 15 is 0 Å². The molecule has 31 heavy (non-hydrogen) atoms. The largest absolute Gasteiger partial charge is 0.478 e. The smallest absolute Gasteiger partial charge is 0.268 e. The fourth-order valence-corrected chi connectivity index (χ4v) is 3.90. The summed E-state index contributed by atoms with van der Waals surface area (Å²) < 4.78 is 21.9. The van der Waals surface area contributed by atoms with Gasteiger partial charge in [0.1, 0.15) is 5.75 Å². The van der Waals surface area contributed by atoms with Gasteiger partial charge >= 0.3 is 0 Å². The number of furan rings is 1. The average molecular weight is 440 g/mol. The van der Waals surface area contributed by atoms with Crippen molar-refractivity contribution in [3.63, 3.8) is 0 Å². The lowest BCUT2D eigenvalue weighted by atomic mass is 10.0. The molecule has 158 valence electrons. The highest BCUT2D eigenvalue weighted by atomic mass is 35.5. The van der Waals surface area contributed by atoms with Crippen LogP contribution in [0.5, 0.6) is 17.2 Å². The first-order valence-electron chi connectivity index (χ1n) is 9.83. The fourth-order valence-electron chi connectivity index (χ4n) is 3.69. The monoisotopic (exact) mass is 439 g/mol. The van der Waals surface area contributed by atoms with Crippen LogP contribution in [-0.2, 0) is 11.3 Å². The number of fused-ring (bicyclic) bond motifs is 2. The Labute approximate surface area is 183 Å². The number of carbonyl (C=O) groups excluding carboxylic acids is 2. The Bertz CT molecular complexity index is 1170. The van der Waals surface area contributed by atoms with Crippen molar-refractivity contribution in [2.24, 2.45) is 0 Å². The van der Waals surface area contributed by atoms with Gasteiger partial charge < -0.3 is 23.5 Å². The number of nitrogens with zero attached hydrogens (tertiary/aromatic N) is 1. The van der Waals surface area contributed by atoms with Crippen LogP contribution >= 0.6 is 11.6 Å². The molecule has 0 spiro atoms. The molecule has 0 N–H and O–H groups in total. The van der Waals surface area contributed by atoms with Crippen LogP contribution < -0.4 is 19.1 Å². The first-order valence-corrected chi connectivity index (χ1v) is 10.2. The molecule has 0 radical (unpaired) electrons. The van der Waals surface area contributed by atoms with Crippen LogP contribution in [0.1, 0.15) is 35.0 Å². The second-order valence-electron chi connectivity index (χ2n) is 7.22. The number of hydrogen-bond donors (Lipinski definition) is 0. The van der Waals surface area contributed by atoms with E-state index < -0.39 is 6.10 Å². The number of anilines is 1. The van der Waals surface area contributed by atoms with E-state index in [1.54, 1.807) is 47.4 Å². The molecule has 5 rings (SSSR count). The summed E-state index contributed by atoms with van der Waals surface area (Å²) in [5.41, 5.74) is 1.59. The van der Waals surface area contributed by atoms with Gasteiger partial charge in [0.25, 0.3) is 5.91 Å². The van der Waals surface area contributed by atoms with Crippen LogP contribution in [0.15, 0.2) is 53.1 Å². The summed E-state index contributed by atoms with van der Waals surface area (Å²) in [6, 6.07) is 11.7. The van der Waals surface area contributed by atoms with Gasteiger partial charge in [-0.25, -0.2) is 0 Å². The van der Waals surface area contributed by atoms with Crippen LogP contribution in [0.25, 0.3) is 0 Å². The van der Waals surface area contributed by atoms with E-state index in [1.807, 2.05) is 6.92 Å². The second-order valence-corrected chi connectivity index (χ2v) is 7.63. The normalized spacial score (nSPS) is 16.8. The van der Waals surface area contributed by atoms with Gasteiger partial charge in [-0.1, -0.05) is 18.5 Å². The summed E-state index contributed by atoms with van der Waals surface area (Å²) in [7, 11) is 0. The summed E-state index contributed by atoms with van der Waals surface area (Å²) in [4.78, 5) is 27.5. The van der Waals surface area contributed by atoms with Crippen molar-refractivity contribution in [1.29, 1.82) is 0 Å². The molecule has 0 unspecified atom stereocenters. The van der Waals surface area contributed by atoms with Crippen molar-refractivity contribution in [3.05, 3.63) is 70.6 Å². The molecular weight excluding hydrogens is 422 g/mol. The summed E-state index contributed by atoms with van der Waals surface area (Å²) in [6.07, 6.45) is 1.33. The molecule has 7 nitrogen and oxygen atoms in total. The minimum atomic E-state index is -0.619. The summed E-state index contributed by atoms with van der Waals surface area (Å²) in [5, 5.41) is 0.459. The number of ketones is 1. The standard InChI is InChI=1S/C23H18ClNO6/c1-2-17-23(27)25(11-14-9-20-21(10-15(14)24)30-12-29-20)16-8-13(5-6-18(16)31-17)22(26)19-4-3-7-28-19/h3-10,17H,2,11-12H2,1H3/t17-/m0/s1. The van der Waals surface area contributed by atoms with E-state index in [-0.39, 0.29) is 30.8 Å². The lowest BCUT2D eigenvalue weighted by Gasteiger charge is -2.34. The van der Waals surface area contributed by atoms with Gasteiger partial charge in [-0.2, -0.15) is 0 Å². The predicted molar refractivity (Wildman–Crippen MR) is 112 cm³/mol. The zero-order valence-electron chi connectivity index (χ0n) is 16.6. The zero-order valence-corrected chi connectivity index (χ0v) is 17.3. The maximum absolute atomic E-state index is 13.2. The van der Waals surface area contributed by atoms with Crippen LogP contribution in [-0.4, -0.2) is 24.6 Å². The molecular formula is C23H18ClNO6. The number of rotatable bonds is 5. The molecule has 1 aromatic heterocycles. The number of halogens is 1. The molecule has 8 heteroatoms. The number of benzene rings is 2. The fraction of sp³-hybridized carbons (Fsp3) is 0.217. The van der Waals surface area contributed by atoms with Crippen molar-refractivity contribution < 1.29 is 28.2 Å². The van der Waals surface area contributed by atoms with Gasteiger partial charge in [-0.15, -0.1) is 0 Å². The Balaban J connectivity index is 1.55. The summed E-state index contributed by atoms with van der Waals surface area (Å²) >= 11 is 6.45. The van der Waals surface area contributed by atoms with Crippen molar-refractivity contribution in [1.82, 2.24) is 0 Å². The maximum Gasteiger partial charge on any atom is 0.268 e. The van der Waals surface area contributed by atoms with Crippen molar-refractivity contribution in [2.75, 3.05) is 11.7 Å². The second kappa shape index (κ2) is 7.67. The molecule has 1 amide bonds. The molecule has 2 aliphatic heterocycles. The summed E-state index contributed by atoms with van der Waals surface area (Å²) in [6.45, 7) is 2.21. The number of ether oxygens (including phenoxy) is 3. The highest BCUT2D eigenvalue weighted by molar-refractivity contribution is 6.31. The van der Waals surface area contributed by atoms with Crippen LogP contribution in [0.4, 0.5) is 5.69 Å². The van der Waals surface area contributed by atoms with Gasteiger partial charge in [0, 0.05) is 16.7 Å². The first-order chi connectivity index (χ1) is 15.0. The lowest BCUT2D eigenvalue weighted by molar-refractivity contribution is -0.126. The molecule has 0 saturated heterocycles. The van der Waals surface area contributed by atoms with E-state index in [2.05, 4.69) is 0 Å². The van der Waals surface area contributed by atoms with Crippen molar-refractivity contribution in [3.8, 4) is 17.2 Å². The van der Waals surface area contributed by atoms with Crippen LogP contribution in [0.2, 0.25) is 5.02 Å². The third-order valence-corrected chi connectivity index (χ3v) is 5.66. The minimum Gasteiger partial charge on any atom is -0.478 e. The molecule has 1 atom stereocenters. The topological polar surface area (TPSA) is 78.2 Å². The Morgan fingerprint density at radius 2 is 1.94 bits per heavy atom. The average Bonchev–Trinajstić information content (AvgIpc) is 3.46. The van der Waals surface area contributed by atoms with E-state index in [0.29, 0.717) is 45.5 Å². The lowest BCUT2D eigenvalue weighted by Crippen LogP contribution is -2.45. The van der Waals surface area contributed by atoms with Gasteiger partial charge in [-0.05, 0) is 48.4 Å². The van der Waals surface area contributed by atoms with Crippen LogP contribution in [0, 0.1) is 0 Å². The Morgan fingerprint density at radius 1 is 1.13 bits per heavy atom. The van der Waals surface area contributed by atoms with E-state index in [0.717, 1.165) is 0 Å². The Morgan fingerprint density at radius 3 is 2.68 bits per heavy atom. The molecule has 3 heterocycles. The third kappa shape index (κ3) is 3.41. The molecule has 2 aliphatic rings. The number of amides is 1. The van der Waals surface area contributed by atoms with E-state index in [4.69, 9.17) is 30.2 Å². The molecule has 0 saturated carbocycles. The molecule has 2 aromatic carbocycles. The Hall–Kier alpha value is -3.45. The van der Waals surface area contributed by atoms with Crippen molar-refractivity contribution >= 4 is 29.0 Å². The van der Waals surface area contributed by atoms with Gasteiger partial charge in [0.05, 0.1) is 18.5 Å². The van der Waals surface area contributed by atoms with Gasteiger partial charge in [0.15, 0.2) is 23.4 Å². The van der Waals surface area contributed by atoms with Crippen LogP contribution in [0.3, 0.4) is 0 Å². The number of carbonyl (C=O) groups is 2. The first kappa shape index (κ1) is 19.5. The third-order valence-electron chi connectivity index (χ3n) is 5.31. The Kier molecular flexibility index (Phi) is 4.82. The van der Waals surface area contributed by atoms with E-state index in [9.17, 15) is 9.59 Å². The quantitative estimate of drug-likeness (QED) is 0.541. The molecule has 3 aromatic rings. The predicted octanol–water partition coefficient (Wildman–Crippen LogP) is 4.60. The molecule has 0 aliphatic carbocycles. The molecule has 0 bridgehead atoms. The van der Waals surface area contributed by atoms with Crippen molar-refractivity contribution in [2.45, 2.75) is 26.0 Å². The molecule has 0 fully saturated rings. The highest BCUT2D eigenvalue weighted by Crippen LogP contribution is 2.40. The summed E-state index contributed by atoms with van der Waals surface area (Å²) in [5.74, 6) is 1.42. The SMILES string of the molecule is CC[C@@H]1Oc2ccc(C(=O)c3ccco3)cc2N(Cc2cc3c(cc2Cl)OCO3)C1=O. The van der Waals surface area contributed by atoms with Gasteiger partial charge in [-0.3, -0.25) is 9.59 Å². The maximum atomic E-state index is 13.2. The zero-order chi connectivity index (χ0) is 21.5. The minimum absolute atomic E-state index is 0.130. The highest BCUT2D eigenvalue weighted by Gasteiger charge is 2.34. The van der Waals surface area contributed by atoms with E-state index in [1.165, 1.54) is 6.26 Å². The van der Waals surface area contributed by atoms with Gasteiger partial charge in [0.2, 0.25) is 12.6 Å².